The molecule has 5 atom stereocenters. The molecular formula is C30H34N2O3S. The van der Waals surface area contributed by atoms with Crippen LogP contribution in [0.5, 0.6) is 5.75 Å². The van der Waals surface area contributed by atoms with Gasteiger partial charge in [0.05, 0.1) is 7.11 Å². The minimum atomic E-state index is -0.711. The highest BCUT2D eigenvalue weighted by Gasteiger charge is 2.52. The highest BCUT2D eigenvalue weighted by molar-refractivity contribution is 7.98. The third kappa shape index (κ3) is 4.90. The van der Waals surface area contributed by atoms with Gasteiger partial charge in [-0.05, 0) is 60.9 Å². The third-order valence-corrected chi connectivity index (χ3v) is 8.63. The zero-order valence-corrected chi connectivity index (χ0v) is 21.7. The summed E-state index contributed by atoms with van der Waals surface area (Å²) in [6.07, 6.45) is 3.77. The Hall–Kier alpha value is -2.80. The van der Waals surface area contributed by atoms with Crippen LogP contribution in [0.1, 0.15) is 35.4 Å². The number of nitrogens with one attached hydrogen (secondary N) is 1. The van der Waals surface area contributed by atoms with Crippen molar-refractivity contribution in [3.05, 3.63) is 95.6 Å². The smallest absolute Gasteiger partial charge is 0.320 e. The van der Waals surface area contributed by atoms with Crippen LogP contribution in [-0.2, 0) is 11.3 Å². The largest absolute Gasteiger partial charge is 0.496 e. The van der Waals surface area contributed by atoms with Gasteiger partial charge in [0, 0.05) is 35.0 Å². The fourth-order valence-electron chi connectivity index (χ4n) is 6.26. The Kier molecular flexibility index (Phi) is 7.65. The summed E-state index contributed by atoms with van der Waals surface area (Å²) in [6.45, 7) is 1.49. The van der Waals surface area contributed by atoms with Crippen LogP contribution in [0.25, 0.3) is 0 Å². The molecule has 3 saturated heterocycles. The minimum Gasteiger partial charge on any atom is -0.496 e. The molecule has 3 aromatic carbocycles. The average Bonchev–Trinajstić information content (AvgIpc) is 2.93. The second-order valence-corrected chi connectivity index (χ2v) is 10.6. The topological polar surface area (TPSA) is 61.8 Å². The van der Waals surface area contributed by atoms with Crippen molar-refractivity contribution in [1.29, 1.82) is 0 Å². The number of thioether (sulfide) groups is 1. The van der Waals surface area contributed by atoms with E-state index in [0.717, 1.165) is 24.3 Å². The SMILES string of the molecule is COc1ccc(SC)cc1CN[C@H]1[C@H]2CCN(C(C(=O)O)C2)[C@H]1C(c1ccccc1)c1ccccc1. The first kappa shape index (κ1) is 24.9. The van der Waals surface area contributed by atoms with Crippen molar-refractivity contribution in [2.75, 3.05) is 19.9 Å². The number of hydrogen-bond donors (Lipinski definition) is 2. The molecule has 3 heterocycles. The lowest BCUT2D eigenvalue weighted by atomic mass is 9.68. The number of methoxy groups -OCH3 is 1. The van der Waals surface area contributed by atoms with Crippen LogP contribution in [0.3, 0.4) is 0 Å². The lowest BCUT2D eigenvalue weighted by Gasteiger charge is -2.56. The Morgan fingerprint density at radius 3 is 2.33 bits per heavy atom. The van der Waals surface area contributed by atoms with E-state index in [1.165, 1.54) is 16.0 Å². The maximum atomic E-state index is 12.3. The molecule has 0 saturated carbocycles. The van der Waals surface area contributed by atoms with Gasteiger partial charge in [0.1, 0.15) is 11.8 Å². The molecule has 0 amide bonds. The Labute approximate surface area is 217 Å². The summed E-state index contributed by atoms with van der Waals surface area (Å²) >= 11 is 1.72. The molecule has 188 valence electrons. The molecular weight excluding hydrogens is 468 g/mol. The second-order valence-electron chi connectivity index (χ2n) is 9.75. The number of piperidine rings is 3. The number of aliphatic carboxylic acids is 1. The van der Waals surface area contributed by atoms with E-state index in [0.29, 0.717) is 18.9 Å². The van der Waals surface area contributed by atoms with Crippen LogP contribution in [0, 0.1) is 5.92 Å². The van der Waals surface area contributed by atoms with Crippen LogP contribution in [0.15, 0.2) is 83.8 Å². The molecule has 6 rings (SSSR count). The zero-order valence-electron chi connectivity index (χ0n) is 20.8. The molecule has 36 heavy (non-hydrogen) atoms. The molecule has 5 nitrogen and oxygen atoms in total. The van der Waals surface area contributed by atoms with Gasteiger partial charge in [-0.15, -0.1) is 11.8 Å². The number of carboxylic acid groups (broad SMARTS) is 1. The zero-order chi connectivity index (χ0) is 25.1. The van der Waals surface area contributed by atoms with Crippen molar-refractivity contribution in [3.63, 3.8) is 0 Å². The van der Waals surface area contributed by atoms with E-state index >= 15 is 0 Å². The number of fused-ring (bicyclic) bond motifs is 3. The number of nitrogens with zero attached hydrogens (tertiary/aromatic N) is 1. The molecule has 3 aliphatic rings. The summed E-state index contributed by atoms with van der Waals surface area (Å²) in [6, 6.07) is 27.2. The van der Waals surface area contributed by atoms with Crippen molar-refractivity contribution < 1.29 is 14.6 Å². The number of rotatable bonds is 9. The first-order chi connectivity index (χ1) is 17.6. The highest BCUT2D eigenvalue weighted by atomic mass is 32.2. The predicted molar refractivity (Wildman–Crippen MR) is 145 cm³/mol. The molecule has 3 aliphatic heterocycles. The number of carboxylic acids is 1. The van der Waals surface area contributed by atoms with Gasteiger partial charge >= 0.3 is 5.97 Å². The van der Waals surface area contributed by atoms with E-state index in [-0.39, 0.29) is 18.0 Å². The Morgan fingerprint density at radius 2 is 1.75 bits per heavy atom. The molecule has 2 unspecified atom stereocenters. The maximum absolute atomic E-state index is 12.3. The fourth-order valence-corrected chi connectivity index (χ4v) is 6.73. The molecule has 2 bridgehead atoms. The third-order valence-electron chi connectivity index (χ3n) is 7.90. The van der Waals surface area contributed by atoms with Crippen LogP contribution >= 0.6 is 11.8 Å². The molecule has 0 aliphatic carbocycles. The predicted octanol–water partition coefficient (Wildman–Crippen LogP) is 5.25. The molecule has 2 N–H and O–H groups in total. The average molecular weight is 503 g/mol. The first-order valence-corrected chi connectivity index (χ1v) is 13.9. The second kappa shape index (κ2) is 11.1. The van der Waals surface area contributed by atoms with Crippen molar-refractivity contribution >= 4 is 17.7 Å². The van der Waals surface area contributed by atoms with Gasteiger partial charge in [0.25, 0.3) is 0 Å². The highest BCUT2D eigenvalue weighted by Crippen LogP contribution is 2.44. The normalized spacial score (nSPS) is 25.1. The van der Waals surface area contributed by atoms with Gasteiger partial charge in [-0.2, -0.15) is 0 Å². The van der Waals surface area contributed by atoms with Gasteiger partial charge in [-0.1, -0.05) is 60.7 Å². The first-order valence-electron chi connectivity index (χ1n) is 12.6. The summed E-state index contributed by atoms with van der Waals surface area (Å²) in [5.41, 5.74) is 3.57. The summed E-state index contributed by atoms with van der Waals surface area (Å²) in [7, 11) is 1.72. The van der Waals surface area contributed by atoms with Crippen LogP contribution < -0.4 is 10.1 Å². The monoisotopic (exact) mass is 502 g/mol. The summed E-state index contributed by atoms with van der Waals surface area (Å²) < 4.78 is 5.67. The van der Waals surface area contributed by atoms with E-state index in [1.54, 1.807) is 18.9 Å². The number of hydrogen-bond acceptors (Lipinski definition) is 5. The summed E-state index contributed by atoms with van der Waals surface area (Å²) in [5.74, 6) is 0.529. The molecule has 3 fully saturated rings. The van der Waals surface area contributed by atoms with Gasteiger partial charge in [0.2, 0.25) is 0 Å². The van der Waals surface area contributed by atoms with Crippen molar-refractivity contribution in [3.8, 4) is 5.75 Å². The van der Waals surface area contributed by atoms with Crippen LogP contribution in [0.4, 0.5) is 0 Å². The quantitative estimate of drug-likeness (QED) is 0.390. The fraction of sp³-hybridized carbons (Fsp3) is 0.367. The molecule has 3 aromatic rings. The van der Waals surface area contributed by atoms with Crippen LogP contribution in [-0.4, -0.2) is 54.0 Å². The standard InChI is InChI=1S/C30H34N2O3S/c1-35-26-14-13-24(36-2)17-23(26)19-31-28-22-15-16-32(25(18-22)30(33)34)29(28)27(20-9-5-3-6-10-20)21-11-7-4-8-12-21/h3-14,17,22,25,27-29,31H,15-16,18-19H2,1-2H3,(H,33,34)/t22-,25?,28-,29-/m0/s1. The van der Waals surface area contributed by atoms with Gasteiger partial charge in [-0.3, -0.25) is 9.69 Å². The van der Waals surface area contributed by atoms with Gasteiger partial charge in [-0.25, -0.2) is 0 Å². The van der Waals surface area contributed by atoms with Gasteiger partial charge < -0.3 is 15.2 Å². The van der Waals surface area contributed by atoms with E-state index in [9.17, 15) is 9.90 Å². The maximum Gasteiger partial charge on any atom is 0.320 e. The number of benzene rings is 3. The Morgan fingerprint density at radius 1 is 1.08 bits per heavy atom. The molecule has 0 aromatic heterocycles. The lowest BCUT2D eigenvalue weighted by Crippen LogP contribution is -2.69. The summed E-state index contributed by atoms with van der Waals surface area (Å²) in [4.78, 5) is 15.8. The van der Waals surface area contributed by atoms with Gasteiger partial charge in [0.15, 0.2) is 0 Å². The van der Waals surface area contributed by atoms with E-state index in [2.05, 4.69) is 77.1 Å². The summed E-state index contributed by atoms with van der Waals surface area (Å²) in [5, 5.41) is 14.0. The molecule has 0 spiro atoms. The molecule has 0 radical (unpaired) electrons. The van der Waals surface area contributed by atoms with E-state index in [1.807, 2.05) is 18.2 Å². The van der Waals surface area contributed by atoms with Crippen LogP contribution in [0.2, 0.25) is 0 Å². The minimum absolute atomic E-state index is 0.0260. The Balaban J connectivity index is 1.54. The van der Waals surface area contributed by atoms with E-state index in [4.69, 9.17) is 4.74 Å². The van der Waals surface area contributed by atoms with E-state index < -0.39 is 12.0 Å². The molecule has 6 heteroatoms. The Bertz CT molecular complexity index is 1130. The number of carbonyl (C=O) groups is 1. The lowest BCUT2D eigenvalue weighted by molar-refractivity contribution is -0.152. The van der Waals surface area contributed by atoms with Crippen molar-refractivity contribution in [2.24, 2.45) is 5.92 Å². The number of ether oxygens (including phenoxy) is 1. The van der Waals surface area contributed by atoms with Crippen molar-refractivity contribution in [1.82, 2.24) is 10.2 Å². The van der Waals surface area contributed by atoms with Crippen molar-refractivity contribution in [2.45, 2.75) is 48.3 Å².